The second-order valence-electron chi connectivity index (χ2n) is 6.93. The van der Waals surface area contributed by atoms with Crippen LogP contribution in [0.1, 0.15) is 30.0 Å². The van der Waals surface area contributed by atoms with Gasteiger partial charge in [0.25, 0.3) is 0 Å². The van der Waals surface area contributed by atoms with Gasteiger partial charge in [0.2, 0.25) is 0 Å². The zero-order valence-electron chi connectivity index (χ0n) is 16.0. The quantitative estimate of drug-likeness (QED) is 0.366. The van der Waals surface area contributed by atoms with Gasteiger partial charge in [0, 0.05) is 28.3 Å². The molecule has 0 unspecified atom stereocenters. The normalized spacial score (nSPS) is 10.6. The van der Waals surface area contributed by atoms with Gasteiger partial charge in [-0.2, -0.15) is 0 Å². The van der Waals surface area contributed by atoms with E-state index in [1.54, 1.807) is 24.3 Å². The number of hydrogen-bond donors (Lipinski definition) is 0. The fraction of sp³-hybridized carbons (Fsp3) is 0.115. The SMILES string of the molecule is CCCc1ccc(-c2ccc(C#Cc3ccc4c(F)c(F)ccc4c3)cc2)nc1. The Morgan fingerprint density at radius 1 is 0.828 bits per heavy atom. The van der Waals surface area contributed by atoms with Crippen LogP contribution in [0.3, 0.4) is 0 Å². The van der Waals surface area contributed by atoms with E-state index in [0.29, 0.717) is 5.39 Å². The van der Waals surface area contributed by atoms with E-state index in [9.17, 15) is 8.78 Å². The average molecular weight is 383 g/mol. The fourth-order valence-electron chi connectivity index (χ4n) is 3.24. The Balaban J connectivity index is 1.54. The number of pyridine rings is 1. The molecule has 0 N–H and O–H groups in total. The van der Waals surface area contributed by atoms with Gasteiger partial charge in [0.05, 0.1) is 5.69 Å². The second kappa shape index (κ2) is 8.24. The van der Waals surface area contributed by atoms with E-state index in [-0.39, 0.29) is 5.39 Å². The highest BCUT2D eigenvalue weighted by molar-refractivity contribution is 5.84. The van der Waals surface area contributed by atoms with E-state index in [1.807, 2.05) is 36.5 Å². The molecule has 3 aromatic carbocycles. The van der Waals surface area contributed by atoms with Crippen molar-refractivity contribution in [1.29, 1.82) is 0 Å². The van der Waals surface area contributed by atoms with Crippen LogP contribution in [0.4, 0.5) is 8.78 Å². The van der Waals surface area contributed by atoms with Crippen molar-refractivity contribution < 1.29 is 8.78 Å². The molecular weight excluding hydrogens is 364 g/mol. The molecule has 1 heterocycles. The summed E-state index contributed by atoms with van der Waals surface area (Å²) in [5.41, 5.74) is 4.86. The Hall–Kier alpha value is -3.51. The summed E-state index contributed by atoms with van der Waals surface area (Å²) in [6.45, 7) is 2.16. The van der Waals surface area contributed by atoms with Crippen molar-refractivity contribution in [3.05, 3.63) is 101 Å². The van der Waals surface area contributed by atoms with Crippen LogP contribution in [0.2, 0.25) is 0 Å². The molecule has 4 aromatic rings. The average Bonchev–Trinajstić information content (AvgIpc) is 2.76. The lowest BCUT2D eigenvalue weighted by Crippen LogP contribution is -1.88. The van der Waals surface area contributed by atoms with Crippen molar-refractivity contribution in [1.82, 2.24) is 4.98 Å². The second-order valence-corrected chi connectivity index (χ2v) is 6.93. The molecule has 0 spiro atoms. The first-order chi connectivity index (χ1) is 14.1. The van der Waals surface area contributed by atoms with Gasteiger partial charge in [-0.1, -0.05) is 55.5 Å². The highest BCUT2D eigenvalue weighted by Gasteiger charge is 2.06. The van der Waals surface area contributed by atoms with Crippen LogP contribution in [0.5, 0.6) is 0 Å². The molecule has 3 heteroatoms. The zero-order valence-corrected chi connectivity index (χ0v) is 16.0. The van der Waals surface area contributed by atoms with Crippen molar-refractivity contribution in [2.45, 2.75) is 19.8 Å². The number of benzene rings is 3. The lowest BCUT2D eigenvalue weighted by atomic mass is 10.1. The lowest BCUT2D eigenvalue weighted by Gasteiger charge is -2.03. The third kappa shape index (κ3) is 4.17. The van der Waals surface area contributed by atoms with E-state index < -0.39 is 11.6 Å². The van der Waals surface area contributed by atoms with Gasteiger partial charge >= 0.3 is 0 Å². The number of hydrogen-bond acceptors (Lipinski definition) is 1. The van der Waals surface area contributed by atoms with Gasteiger partial charge in [-0.15, -0.1) is 0 Å². The van der Waals surface area contributed by atoms with Crippen molar-refractivity contribution in [2.75, 3.05) is 0 Å². The third-order valence-corrected chi connectivity index (χ3v) is 4.80. The van der Waals surface area contributed by atoms with Crippen LogP contribution in [0.15, 0.2) is 72.9 Å². The van der Waals surface area contributed by atoms with Crippen LogP contribution in [0, 0.1) is 23.5 Å². The molecule has 0 aliphatic rings. The van der Waals surface area contributed by atoms with Crippen LogP contribution in [-0.2, 0) is 6.42 Å². The monoisotopic (exact) mass is 383 g/mol. The summed E-state index contributed by atoms with van der Waals surface area (Å²) < 4.78 is 27.1. The van der Waals surface area contributed by atoms with Gasteiger partial charge in [-0.25, -0.2) is 8.78 Å². The van der Waals surface area contributed by atoms with Gasteiger partial charge in [0.1, 0.15) is 0 Å². The Kier molecular flexibility index (Phi) is 5.35. The molecule has 0 saturated carbocycles. The minimum Gasteiger partial charge on any atom is -0.256 e. The first kappa shape index (κ1) is 18.8. The predicted molar refractivity (Wildman–Crippen MR) is 114 cm³/mol. The van der Waals surface area contributed by atoms with Gasteiger partial charge < -0.3 is 0 Å². The number of rotatable bonds is 3. The maximum absolute atomic E-state index is 13.8. The molecule has 0 amide bonds. The molecule has 0 bridgehead atoms. The Morgan fingerprint density at radius 3 is 2.31 bits per heavy atom. The molecular formula is C26H19F2N. The largest absolute Gasteiger partial charge is 0.256 e. The lowest BCUT2D eigenvalue weighted by molar-refractivity contribution is 0.517. The van der Waals surface area contributed by atoms with E-state index in [4.69, 9.17) is 0 Å². The summed E-state index contributed by atoms with van der Waals surface area (Å²) in [5.74, 6) is 4.54. The summed E-state index contributed by atoms with van der Waals surface area (Å²) in [7, 11) is 0. The van der Waals surface area contributed by atoms with Crippen LogP contribution < -0.4 is 0 Å². The van der Waals surface area contributed by atoms with Crippen molar-refractivity contribution in [3.63, 3.8) is 0 Å². The van der Waals surface area contributed by atoms with Gasteiger partial charge in [-0.3, -0.25) is 4.98 Å². The Labute approximate surface area is 169 Å². The summed E-state index contributed by atoms with van der Waals surface area (Å²) in [6.07, 6.45) is 4.08. The number of aryl methyl sites for hydroxylation is 1. The number of nitrogens with zero attached hydrogens (tertiary/aromatic N) is 1. The highest BCUT2D eigenvalue weighted by Crippen LogP contribution is 2.22. The first-order valence-corrected chi connectivity index (χ1v) is 9.59. The fourth-order valence-corrected chi connectivity index (χ4v) is 3.24. The van der Waals surface area contributed by atoms with Gasteiger partial charge in [-0.05, 0) is 53.8 Å². The molecule has 1 nitrogen and oxygen atoms in total. The zero-order chi connectivity index (χ0) is 20.2. The van der Waals surface area contributed by atoms with E-state index in [2.05, 4.69) is 29.8 Å². The molecule has 29 heavy (non-hydrogen) atoms. The van der Waals surface area contributed by atoms with E-state index in [1.165, 1.54) is 5.56 Å². The third-order valence-electron chi connectivity index (χ3n) is 4.80. The Morgan fingerprint density at radius 2 is 1.59 bits per heavy atom. The van der Waals surface area contributed by atoms with Crippen molar-refractivity contribution in [2.24, 2.45) is 0 Å². The molecule has 1 aromatic heterocycles. The molecule has 0 aliphatic heterocycles. The molecule has 142 valence electrons. The molecule has 0 atom stereocenters. The summed E-state index contributed by atoms with van der Waals surface area (Å²) >= 11 is 0. The minimum atomic E-state index is -0.842. The molecule has 0 radical (unpaired) electrons. The molecule has 0 saturated heterocycles. The van der Waals surface area contributed by atoms with E-state index >= 15 is 0 Å². The van der Waals surface area contributed by atoms with Crippen LogP contribution in [0.25, 0.3) is 22.0 Å². The Bertz CT molecular complexity index is 1210. The minimum absolute atomic E-state index is 0.261. The smallest absolute Gasteiger partial charge is 0.166 e. The highest BCUT2D eigenvalue weighted by atomic mass is 19.2. The summed E-state index contributed by atoms with van der Waals surface area (Å²) in [6, 6.07) is 19.8. The van der Waals surface area contributed by atoms with Crippen LogP contribution in [-0.4, -0.2) is 4.98 Å². The predicted octanol–water partition coefficient (Wildman–Crippen LogP) is 6.53. The van der Waals surface area contributed by atoms with E-state index in [0.717, 1.165) is 41.3 Å². The van der Waals surface area contributed by atoms with Crippen molar-refractivity contribution >= 4 is 10.8 Å². The van der Waals surface area contributed by atoms with Crippen LogP contribution >= 0.6 is 0 Å². The number of halogens is 2. The maximum Gasteiger partial charge on any atom is 0.166 e. The standard InChI is InChI=1S/C26H19F2N/c1-2-3-20-9-15-25(29-17-20)21-10-6-18(7-11-21)4-5-19-8-13-23-22(16-19)12-14-24(27)26(23)28/h6-17H,2-3H2,1H3. The molecule has 0 fully saturated rings. The first-order valence-electron chi connectivity index (χ1n) is 9.59. The van der Waals surface area contributed by atoms with Gasteiger partial charge in [0.15, 0.2) is 11.6 Å². The maximum atomic E-state index is 13.8. The summed E-state index contributed by atoms with van der Waals surface area (Å²) in [5, 5.41) is 0.890. The summed E-state index contributed by atoms with van der Waals surface area (Å²) in [4.78, 5) is 4.54. The number of aromatic nitrogens is 1. The number of fused-ring (bicyclic) bond motifs is 1. The molecule has 4 rings (SSSR count). The molecule has 0 aliphatic carbocycles. The topological polar surface area (TPSA) is 12.9 Å². The van der Waals surface area contributed by atoms with Crippen molar-refractivity contribution in [3.8, 4) is 23.1 Å².